The van der Waals surface area contributed by atoms with Gasteiger partial charge in [-0.2, -0.15) is 0 Å². The number of aromatic nitrogens is 4. The summed E-state index contributed by atoms with van der Waals surface area (Å²) in [6.45, 7) is 4.55. The summed E-state index contributed by atoms with van der Waals surface area (Å²) < 4.78 is 7.19. The third-order valence-electron chi connectivity index (χ3n) is 4.81. The van der Waals surface area contributed by atoms with Gasteiger partial charge in [0, 0.05) is 44.6 Å². The molecule has 1 fully saturated rings. The number of para-hydroxylation sites is 1. The molecule has 4 rings (SSSR count). The number of rotatable bonds is 4. The van der Waals surface area contributed by atoms with E-state index in [1.165, 1.54) is 0 Å². The molecule has 1 aromatic carbocycles. The number of hydrogen-bond donors (Lipinski definition) is 0. The number of imidazole rings is 1. The molecule has 8 nitrogen and oxygen atoms in total. The predicted octanol–water partition coefficient (Wildman–Crippen LogP) is 1.94. The fourth-order valence-electron chi connectivity index (χ4n) is 3.36. The lowest BCUT2D eigenvalue weighted by Gasteiger charge is -2.35. The van der Waals surface area contributed by atoms with Crippen molar-refractivity contribution >= 4 is 11.7 Å². The van der Waals surface area contributed by atoms with Gasteiger partial charge in [0.15, 0.2) is 0 Å². The lowest BCUT2D eigenvalue weighted by molar-refractivity contribution is 0.0743. The highest BCUT2D eigenvalue weighted by Crippen LogP contribution is 2.22. The minimum Gasteiger partial charge on any atom is -0.496 e. The van der Waals surface area contributed by atoms with Crippen LogP contribution >= 0.6 is 0 Å². The number of anilines is 1. The number of methoxy groups -OCH3 is 1. The van der Waals surface area contributed by atoms with Crippen LogP contribution in [0.3, 0.4) is 0 Å². The van der Waals surface area contributed by atoms with E-state index in [1.54, 1.807) is 25.7 Å². The normalized spacial score (nSPS) is 14.2. The summed E-state index contributed by atoms with van der Waals surface area (Å²) in [6.07, 6.45) is 5.30. The minimum atomic E-state index is -0.00456. The maximum absolute atomic E-state index is 12.9. The van der Waals surface area contributed by atoms with Crippen molar-refractivity contribution in [3.63, 3.8) is 0 Å². The lowest BCUT2D eigenvalue weighted by Crippen LogP contribution is -2.49. The average molecular weight is 378 g/mol. The molecule has 3 aromatic rings. The Balaban J connectivity index is 1.48. The molecular weight excluding hydrogens is 356 g/mol. The van der Waals surface area contributed by atoms with Crippen LogP contribution in [-0.2, 0) is 0 Å². The number of carbonyl (C=O) groups is 1. The highest BCUT2D eigenvalue weighted by molar-refractivity contribution is 5.97. The Morgan fingerprint density at radius 2 is 1.82 bits per heavy atom. The van der Waals surface area contributed by atoms with E-state index in [0.717, 1.165) is 11.6 Å². The van der Waals surface area contributed by atoms with Crippen LogP contribution in [0.25, 0.3) is 5.82 Å². The van der Waals surface area contributed by atoms with Crippen LogP contribution in [0, 0.1) is 6.92 Å². The first-order valence-electron chi connectivity index (χ1n) is 9.17. The van der Waals surface area contributed by atoms with Gasteiger partial charge in [-0.1, -0.05) is 12.1 Å². The minimum absolute atomic E-state index is 0.00456. The van der Waals surface area contributed by atoms with Crippen LogP contribution in [0.4, 0.5) is 5.82 Å². The van der Waals surface area contributed by atoms with Crippen LogP contribution in [-0.4, -0.2) is 63.6 Å². The fraction of sp³-hybridized carbons (Fsp3) is 0.300. The van der Waals surface area contributed by atoms with Gasteiger partial charge in [-0.15, -0.1) is 0 Å². The van der Waals surface area contributed by atoms with E-state index in [0.29, 0.717) is 43.3 Å². The van der Waals surface area contributed by atoms with Crippen molar-refractivity contribution < 1.29 is 9.53 Å². The molecular formula is C20H22N6O2. The topological polar surface area (TPSA) is 76.4 Å². The van der Waals surface area contributed by atoms with E-state index in [1.807, 2.05) is 46.9 Å². The SMILES string of the molecule is COc1ccccc1C(=O)N1CCN(c2cc(-n3ccnc3)nc(C)n2)CC1. The monoisotopic (exact) mass is 378 g/mol. The van der Waals surface area contributed by atoms with Gasteiger partial charge in [-0.3, -0.25) is 9.36 Å². The molecule has 144 valence electrons. The van der Waals surface area contributed by atoms with Crippen LogP contribution in [0.1, 0.15) is 16.2 Å². The first-order valence-corrected chi connectivity index (χ1v) is 9.17. The molecule has 0 aliphatic carbocycles. The van der Waals surface area contributed by atoms with Crippen molar-refractivity contribution in [3.8, 4) is 11.6 Å². The van der Waals surface area contributed by atoms with Gasteiger partial charge in [0.05, 0.1) is 12.7 Å². The number of piperazine rings is 1. The second-order valence-electron chi connectivity index (χ2n) is 6.58. The second-order valence-corrected chi connectivity index (χ2v) is 6.58. The molecule has 0 atom stereocenters. The quantitative estimate of drug-likeness (QED) is 0.691. The van der Waals surface area contributed by atoms with Crippen molar-refractivity contribution in [1.29, 1.82) is 0 Å². The zero-order valence-corrected chi connectivity index (χ0v) is 15.9. The number of aryl methyl sites for hydroxylation is 1. The number of carbonyl (C=O) groups excluding carboxylic acids is 1. The van der Waals surface area contributed by atoms with Crippen LogP contribution < -0.4 is 9.64 Å². The van der Waals surface area contributed by atoms with Gasteiger partial charge >= 0.3 is 0 Å². The van der Waals surface area contributed by atoms with Crippen LogP contribution in [0.2, 0.25) is 0 Å². The van der Waals surface area contributed by atoms with E-state index < -0.39 is 0 Å². The molecule has 1 saturated heterocycles. The van der Waals surface area contributed by atoms with Gasteiger partial charge in [0.2, 0.25) is 0 Å². The van der Waals surface area contributed by atoms with E-state index in [4.69, 9.17) is 4.74 Å². The highest BCUT2D eigenvalue weighted by Gasteiger charge is 2.25. The first kappa shape index (κ1) is 18.0. The van der Waals surface area contributed by atoms with E-state index in [2.05, 4.69) is 19.9 Å². The Morgan fingerprint density at radius 3 is 2.54 bits per heavy atom. The molecule has 0 radical (unpaired) electrons. The lowest BCUT2D eigenvalue weighted by atomic mass is 10.1. The molecule has 1 aliphatic rings. The Hall–Kier alpha value is -3.42. The van der Waals surface area contributed by atoms with Gasteiger partial charge in [-0.25, -0.2) is 15.0 Å². The molecule has 2 aromatic heterocycles. The van der Waals surface area contributed by atoms with Gasteiger partial charge < -0.3 is 14.5 Å². The molecule has 1 amide bonds. The van der Waals surface area contributed by atoms with Gasteiger partial charge in [0.1, 0.15) is 29.5 Å². The fourth-order valence-corrected chi connectivity index (χ4v) is 3.36. The summed E-state index contributed by atoms with van der Waals surface area (Å²) >= 11 is 0. The van der Waals surface area contributed by atoms with Crippen molar-refractivity contribution in [3.05, 3.63) is 60.4 Å². The highest BCUT2D eigenvalue weighted by atomic mass is 16.5. The Labute approximate surface area is 163 Å². The number of hydrogen-bond acceptors (Lipinski definition) is 6. The number of amides is 1. The van der Waals surface area contributed by atoms with E-state index in [9.17, 15) is 4.79 Å². The zero-order chi connectivity index (χ0) is 19.5. The number of nitrogens with zero attached hydrogens (tertiary/aromatic N) is 6. The van der Waals surface area contributed by atoms with Crippen LogP contribution in [0.5, 0.6) is 5.75 Å². The predicted molar refractivity (Wildman–Crippen MR) is 105 cm³/mol. The molecule has 8 heteroatoms. The smallest absolute Gasteiger partial charge is 0.257 e. The third-order valence-corrected chi connectivity index (χ3v) is 4.81. The van der Waals surface area contributed by atoms with E-state index in [-0.39, 0.29) is 5.91 Å². The summed E-state index contributed by atoms with van der Waals surface area (Å²) in [4.78, 5) is 30.1. The summed E-state index contributed by atoms with van der Waals surface area (Å²) in [5.74, 6) is 2.95. The first-order chi connectivity index (χ1) is 13.7. The van der Waals surface area contributed by atoms with Crippen molar-refractivity contribution in [1.82, 2.24) is 24.4 Å². The third kappa shape index (κ3) is 3.53. The maximum atomic E-state index is 12.9. The zero-order valence-electron chi connectivity index (χ0n) is 15.9. The average Bonchev–Trinajstić information content (AvgIpc) is 3.28. The molecule has 28 heavy (non-hydrogen) atoms. The largest absolute Gasteiger partial charge is 0.496 e. The molecule has 0 unspecified atom stereocenters. The Bertz CT molecular complexity index is 965. The standard InChI is InChI=1S/C20H22N6O2/c1-15-22-18(13-19(23-15)26-8-7-21-14-26)24-9-11-25(12-10-24)20(27)16-5-3-4-6-17(16)28-2/h3-8,13-14H,9-12H2,1-2H3. The van der Waals surface area contributed by atoms with Gasteiger partial charge in [0.25, 0.3) is 5.91 Å². The molecule has 0 saturated carbocycles. The maximum Gasteiger partial charge on any atom is 0.257 e. The summed E-state index contributed by atoms with van der Waals surface area (Å²) in [6, 6.07) is 9.28. The number of ether oxygens (including phenoxy) is 1. The summed E-state index contributed by atoms with van der Waals surface area (Å²) in [5, 5.41) is 0. The van der Waals surface area contributed by atoms with Crippen molar-refractivity contribution in [2.45, 2.75) is 6.92 Å². The molecule has 0 bridgehead atoms. The van der Waals surface area contributed by atoms with E-state index >= 15 is 0 Å². The summed E-state index contributed by atoms with van der Waals surface area (Å²) in [7, 11) is 1.58. The molecule has 0 spiro atoms. The molecule has 3 heterocycles. The molecule has 1 aliphatic heterocycles. The summed E-state index contributed by atoms with van der Waals surface area (Å²) in [5.41, 5.74) is 0.596. The second kappa shape index (κ2) is 7.67. The molecule has 0 N–H and O–H groups in total. The Morgan fingerprint density at radius 1 is 1.07 bits per heavy atom. The van der Waals surface area contributed by atoms with Crippen LogP contribution in [0.15, 0.2) is 49.1 Å². The Kier molecular flexibility index (Phi) is 4.92. The van der Waals surface area contributed by atoms with Crippen molar-refractivity contribution in [2.75, 3.05) is 38.2 Å². The number of benzene rings is 1. The van der Waals surface area contributed by atoms with Gasteiger partial charge in [-0.05, 0) is 19.1 Å². The van der Waals surface area contributed by atoms with Crippen molar-refractivity contribution in [2.24, 2.45) is 0 Å².